The van der Waals surface area contributed by atoms with Gasteiger partial charge in [0.2, 0.25) is 0 Å². The largest absolute Gasteiger partial charge is 0.348 e. The van der Waals surface area contributed by atoms with Crippen LogP contribution in [0.25, 0.3) is 0 Å². The van der Waals surface area contributed by atoms with E-state index in [1.807, 2.05) is 0 Å². The Morgan fingerprint density at radius 2 is 2.05 bits per heavy atom. The zero-order valence-corrected chi connectivity index (χ0v) is 10.2. The smallest absolute Gasteiger partial charge is 0.269 e. The molecule has 0 saturated heterocycles. The summed E-state index contributed by atoms with van der Waals surface area (Å²) in [6.07, 6.45) is 2.54. The number of nitrogens with zero attached hydrogens (tertiary/aromatic N) is 2. The highest BCUT2D eigenvalue weighted by atomic mass is 16.6. The SMILES string of the molecule is N#CC1CCCC1NC(=O)c1ccc([N+](=O)[O-])cc1. The predicted molar refractivity (Wildman–Crippen MR) is 67.3 cm³/mol. The molecular weight excluding hydrogens is 246 g/mol. The molecule has 6 heteroatoms. The molecule has 0 heterocycles. The summed E-state index contributed by atoms with van der Waals surface area (Å²) in [6.45, 7) is 0. The van der Waals surface area contributed by atoms with Gasteiger partial charge in [-0.2, -0.15) is 5.26 Å². The van der Waals surface area contributed by atoms with Gasteiger partial charge in [-0.15, -0.1) is 0 Å². The molecule has 1 aliphatic rings. The number of amides is 1. The molecule has 1 aromatic carbocycles. The molecule has 19 heavy (non-hydrogen) atoms. The van der Waals surface area contributed by atoms with E-state index in [0.29, 0.717) is 5.56 Å². The van der Waals surface area contributed by atoms with Crippen LogP contribution in [-0.4, -0.2) is 16.9 Å². The number of nitriles is 1. The summed E-state index contributed by atoms with van der Waals surface area (Å²) in [6, 6.07) is 7.51. The zero-order chi connectivity index (χ0) is 13.8. The molecule has 2 unspecified atom stereocenters. The Kier molecular flexibility index (Phi) is 3.76. The van der Waals surface area contributed by atoms with Crippen LogP contribution in [0.5, 0.6) is 0 Å². The Labute approximate surface area is 110 Å². The lowest BCUT2D eigenvalue weighted by atomic mass is 10.1. The van der Waals surface area contributed by atoms with Crippen molar-refractivity contribution in [2.24, 2.45) is 5.92 Å². The Morgan fingerprint density at radius 1 is 1.37 bits per heavy atom. The van der Waals surface area contributed by atoms with Gasteiger partial charge in [0.25, 0.3) is 11.6 Å². The number of carbonyl (C=O) groups excluding carboxylic acids is 1. The molecule has 0 radical (unpaired) electrons. The monoisotopic (exact) mass is 259 g/mol. The number of non-ortho nitro benzene ring substituents is 1. The molecule has 2 atom stereocenters. The Hall–Kier alpha value is -2.42. The quantitative estimate of drug-likeness (QED) is 0.663. The fraction of sp³-hybridized carbons (Fsp3) is 0.385. The maximum Gasteiger partial charge on any atom is 0.269 e. The topological polar surface area (TPSA) is 96.0 Å². The fourth-order valence-corrected chi connectivity index (χ4v) is 2.27. The number of rotatable bonds is 3. The van der Waals surface area contributed by atoms with E-state index in [9.17, 15) is 14.9 Å². The number of nitro groups is 1. The standard InChI is InChI=1S/C13H13N3O3/c14-8-10-2-1-3-12(10)15-13(17)9-4-6-11(7-5-9)16(18)19/h4-7,10,12H,1-3H2,(H,15,17). The lowest BCUT2D eigenvalue weighted by molar-refractivity contribution is -0.384. The van der Waals surface area contributed by atoms with Crippen LogP contribution in [0.4, 0.5) is 5.69 Å². The minimum absolute atomic E-state index is 0.0488. The molecule has 0 aliphatic heterocycles. The highest BCUT2D eigenvalue weighted by Crippen LogP contribution is 2.25. The first kappa shape index (κ1) is 13.0. The van der Waals surface area contributed by atoms with Crippen LogP contribution in [0.3, 0.4) is 0 Å². The van der Waals surface area contributed by atoms with Crippen molar-refractivity contribution in [3.05, 3.63) is 39.9 Å². The van der Waals surface area contributed by atoms with Gasteiger partial charge in [-0.1, -0.05) is 0 Å². The first-order valence-corrected chi connectivity index (χ1v) is 6.07. The molecule has 1 aliphatic carbocycles. The van der Waals surface area contributed by atoms with Crippen molar-refractivity contribution in [3.63, 3.8) is 0 Å². The van der Waals surface area contributed by atoms with Crippen LogP contribution in [0.1, 0.15) is 29.6 Å². The maximum absolute atomic E-state index is 12.0. The average Bonchev–Trinajstić information content (AvgIpc) is 2.86. The molecule has 98 valence electrons. The van der Waals surface area contributed by atoms with Crippen molar-refractivity contribution >= 4 is 11.6 Å². The van der Waals surface area contributed by atoms with Crippen LogP contribution < -0.4 is 5.32 Å². The maximum atomic E-state index is 12.0. The van der Waals surface area contributed by atoms with Gasteiger partial charge < -0.3 is 5.32 Å². The summed E-state index contributed by atoms with van der Waals surface area (Å²) in [7, 11) is 0. The Morgan fingerprint density at radius 3 is 2.63 bits per heavy atom. The minimum Gasteiger partial charge on any atom is -0.348 e. The normalized spacial score (nSPS) is 21.6. The van der Waals surface area contributed by atoms with Gasteiger partial charge in [0.1, 0.15) is 0 Å². The number of nitrogens with one attached hydrogen (secondary N) is 1. The van der Waals surface area contributed by atoms with Gasteiger partial charge in [-0.3, -0.25) is 14.9 Å². The summed E-state index contributed by atoms with van der Waals surface area (Å²) >= 11 is 0. The zero-order valence-electron chi connectivity index (χ0n) is 10.2. The fourth-order valence-electron chi connectivity index (χ4n) is 2.27. The molecule has 0 bridgehead atoms. The second kappa shape index (κ2) is 5.48. The van der Waals surface area contributed by atoms with E-state index in [-0.39, 0.29) is 23.6 Å². The average molecular weight is 259 g/mol. The number of hydrogen-bond donors (Lipinski definition) is 1. The molecule has 1 aromatic rings. The van der Waals surface area contributed by atoms with E-state index in [1.54, 1.807) is 0 Å². The van der Waals surface area contributed by atoms with Crippen molar-refractivity contribution in [2.75, 3.05) is 0 Å². The summed E-state index contributed by atoms with van der Waals surface area (Å²) in [5, 5.41) is 22.3. The number of hydrogen-bond acceptors (Lipinski definition) is 4. The Bertz CT molecular complexity index is 533. The highest BCUT2D eigenvalue weighted by molar-refractivity contribution is 5.94. The first-order chi connectivity index (χ1) is 9.11. The van der Waals surface area contributed by atoms with Crippen molar-refractivity contribution < 1.29 is 9.72 Å². The second-order valence-corrected chi connectivity index (χ2v) is 4.55. The molecule has 1 N–H and O–H groups in total. The summed E-state index contributed by atoms with van der Waals surface area (Å²) in [5.41, 5.74) is 0.321. The first-order valence-electron chi connectivity index (χ1n) is 6.07. The Balaban J connectivity index is 2.04. The van der Waals surface area contributed by atoms with Crippen LogP contribution >= 0.6 is 0 Å². The van der Waals surface area contributed by atoms with Gasteiger partial charge in [0, 0.05) is 23.7 Å². The van der Waals surface area contributed by atoms with Gasteiger partial charge in [-0.05, 0) is 31.4 Å². The predicted octanol–water partition coefficient (Wildman–Crippen LogP) is 2.02. The summed E-state index contributed by atoms with van der Waals surface area (Å²) < 4.78 is 0. The molecule has 1 fully saturated rings. The lowest BCUT2D eigenvalue weighted by Gasteiger charge is -2.15. The van der Waals surface area contributed by atoms with E-state index in [4.69, 9.17) is 5.26 Å². The van der Waals surface area contributed by atoms with Crippen molar-refractivity contribution in [2.45, 2.75) is 25.3 Å². The molecular formula is C13H13N3O3. The van der Waals surface area contributed by atoms with Crippen LogP contribution in [0.15, 0.2) is 24.3 Å². The second-order valence-electron chi connectivity index (χ2n) is 4.55. The third-order valence-electron chi connectivity index (χ3n) is 3.34. The molecule has 6 nitrogen and oxygen atoms in total. The number of benzene rings is 1. The number of carbonyl (C=O) groups is 1. The van der Waals surface area contributed by atoms with Crippen molar-refractivity contribution in [1.29, 1.82) is 5.26 Å². The molecule has 2 rings (SSSR count). The van der Waals surface area contributed by atoms with E-state index in [1.165, 1.54) is 24.3 Å². The van der Waals surface area contributed by atoms with Crippen molar-refractivity contribution in [1.82, 2.24) is 5.32 Å². The lowest BCUT2D eigenvalue weighted by Crippen LogP contribution is -2.36. The van der Waals surface area contributed by atoms with Crippen LogP contribution in [-0.2, 0) is 0 Å². The molecule has 0 spiro atoms. The van der Waals surface area contributed by atoms with Crippen LogP contribution in [0.2, 0.25) is 0 Å². The highest BCUT2D eigenvalue weighted by Gasteiger charge is 2.28. The van der Waals surface area contributed by atoms with Gasteiger partial charge >= 0.3 is 0 Å². The van der Waals surface area contributed by atoms with E-state index in [2.05, 4.69) is 11.4 Å². The number of nitro benzene ring substituents is 1. The third-order valence-corrected chi connectivity index (χ3v) is 3.34. The molecule has 0 aromatic heterocycles. The minimum atomic E-state index is -0.510. The summed E-state index contributed by atoms with van der Waals surface area (Å²) in [4.78, 5) is 22.0. The van der Waals surface area contributed by atoms with Gasteiger partial charge in [0.05, 0.1) is 16.9 Å². The van der Waals surface area contributed by atoms with Gasteiger partial charge in [-0.25, -0.2) is 0 Å². The van der Waals surface area contributed by atoms with Gasteiger partial charge in [0.15, 0.2) is 0 Å². The molecule has 1 amide bonds. The molecule has 1 saturated carbocycles. The van der Waals surface area contributed by atoms with Crippen LogP contribution in [0, 0.1) is 27.4 Å². The van der Waals surface area contributed by atoms with E-state index < -0.39 is 4.92 Å². The van der Waals surface area contributed by atoms with Crippen molar-refractivity contribution in [3.8, 4) is 6.07 Å². The summed E-state index contributed by atoms with van der Waals surface area (Å²) in [5.74, 6) is -0.427. The van der Waals surface area contributed by atoms with E-state index >= 15 is 0 Å². The van der Waals surface area contributed by atoms with E-state index in [0.717, 1.165) is 19.3 Å². The third kappa shape index (κ3) is 2.88.